The summed E-state index contributed by atoms with van der Waals surface area (Å²) in [6, 6.07) is 10.4. The Morgan fingerprint density at radius 3 is 2.53 bits per heavy atom. The van der Waals surface area contributed by atoms with E-state index in [0.29, 0.717) is 24.4 Å². The fourth-order valence-corrected chi connectivity index (χ4v) is 1.95. The predicted molar refractivity (Wildman–Crippen MR) is 73.9 cm³/mol. The van der Waals surface area contributed by atoms with Crippen LogP contribution < -0.4 is 10.1 Å². The maximum Gasteiger partial charge on any atom is 0.119 e. The van der Waals surface area contributed by atoms with E-state index >= 15 is 0 Å². The first-order valence-corrected chi connectivity index (χ1v) is 6.74. The molecule has 0 amide bonds. The summed E-state index contributed by atoms with van der Waals surface area (Å²) >= 11 is 5.78. The number of hydrogen-bond acceptors (Lipinski definition) is 2. The van der Waals surface area contributed by atoms with Gasteiger partial charge in [0.25, 0.3) is 0 Å². The minimum Gasteiger partial charge on any atom is -0.492 e. The standard InChI is InChI=1S/C14H22ClNO/c1-12(2)14(8-9-15)16-10-11-17-13-6-4-3-5-7-13/h3-7,12,14,16H,8-11H2,1-2H3. The van der Waals surface area contributed by atoms with Gasteiger partial charge >= 0.3 is 0 Å². The lowest BCUT2D eigenvalue weighted by Gasteiger charge is -2.21. The van der Waals surface area contributed by atoms with Gasteiger partial charge in [0, 0.05) is 18.5 Å². The van der Waals surface area contributed by atoms with E-state index < -0.39 is 0 Å². The summed E-state index contributed by atoms with van der Waals surface area (Å²) in [5, 5.41) is 3.48. The SMILES string of the molecule is CC(C)C(CCCl)NCCOc1ccccc1. The number of ether oxygens (including phenoxy) is 1. The van der Waals surface area contributed by atoms with E-state index in [0.717, 1.165) is 18.7 Å². The van der Waals surface area contributed by atoms with Crippen molar-refractivity contribution in [2.45, 2.75) is 26.3 Å². The van der Waals surface area contributed by atoms with Crippen LogP contribution in [0.4, 0.5) is 0 Å². The Hall–Kier alpha value is -0.730. The van der Waals surface area contributed by atoms with Crippen LogP contribution >= 0.6 is 11.6 Å². The zero-order valence-electron chi connectivity index (χ0n) is 10.7. The molecule has 0 radical (unpaired) electrons. The highest BCUT2D eigenvalue weighted by atomic mass is 35.5. The molecule has 1 N–H and O–H groups in total. The first-order valence-electron chi connectivity index (χ1n) is 6.21. The van der Waals surface area contributed by atoms with Crippen molar-refractivity contribution in [2.75, 3.05) is 19.0 Å². The van der Waals surface area contributed by atoms with Gasteiger partial charge in [0.05, 0.1) is 0 Å². The molecular weight excluding hydrogens is 234 g/mol. The maximum absolute atomic E-state index is 5.78. The maximum atomic E-state index is 5.78. The molecule has 0 spiro atoms. The van der Waals surface area contributed by atoms with E-state index in [9.17, 15) is 0 Å². The van der Waals surface area contributed by atoms with Gasteiger partial charge in [-0.15, -0.1) is 11.6 Å². The molecule has 1 aromatic rings. The Bertz CT molecular complexity index is 290. The van der Waals surface area contributed by atoms with E-state index in [2.05, 4.69) is 19.2 Å². The van der Waals surface area contributed by atoms with Crippen molar-refractivity contribution >= 4 is 11.6 Å². The second kappa shape index (κ2) is 8.37. The second-order valence-corrected chi connectivity index (χ2v) is 4.82. The molecule has 2 nitrogen and oxygen atoms in total. The van der Waals surface area contributed by atoms with Gasteiger partial charge in [0.1, 0.15) is 12.4 Å². The minimum absolute atomic E-state index is 0.479. The Kier molecular flexibility index (Phi) is 7.06. The van der Waals surface area contributed by atoms with Crippen LogP contribution in [-0.4, -0.2) is 25.1 Å². The van der Waals surface area contributed by atoms with E-state index in [1.54, 1.807) is 0 Å². The van der Waals surface area contributed by atoms with Crippen molar-refractivity contribution in [3.05, 3.63) is 30.3 Å². The highest BCUT2D eigenvalue weighted by Crippen LogP contribution is 2.09. The molecule has 0 aromatic heterocycles. The Morgan fingerprint density at radius 2 is 1.94 bits per heavy atom. The molecule has 17 heavy (non-hydrogen) atoms. The molecule has 1 rings (SSSR count). The van der Waals surface area contributed by atoms with Crippen LogP contribution in [0.15, 0.2) is 30.3 Å². The molecule has 0 saturated heterocycles. The lowest BCUT2D eigenvalue weighted by molar-refractivity contribution is 0.290. The van der Waals surface area contributed by atoms with Crippen LogP contribution in [-0.2, 0) is 0 Å². The summed E-state index contributed by atoms with van der Waals surface area (Å²) in [6.45, 7) is 5.97. The van der Waals surface area contributed by atoms with E-state index in [1.807, 2.05) is 30.3 Å². The molecule has 1 atom stereocenters. The van der Waals surface area contributed by atoms with E-state index in [1.165, 1.54) is 0 Å². The average molecular weight is 256 g/mol. The van der Waals surface area contributed by atoms with Gasteiger partial charge < -0.3 is 10.1 Å². The van der Waals surface area contributed by atoms with Crippen molar-refractivity contribution in [1.29, 1.82) is 0 Å². The Morgan fingerprint density at radius 1 is 1.24 bits per heavy atom. The quantitative estimate of drug-likeness (QED) is 0.569. The van der Waals surface area contributed by atoms with E-state index in [-0.39, 0.29) is 0 Å². The predicted octanol–water partition coefficient (Wildman–Crippen LogP) is 3.31. The van der Waals surface area contributed by atoms with Crippen LogP contribution in [0, 0.1) is 5.92 Å². The van der Waals surface area contributed by atoms with Gasteiger partial charge in [-0.1, -0.05) is 32.0 Å². The minimum atomic E-state index is 0.479. The highest BCUT2D eigenvalue weighted by Gasteiger charge is 2.11. The molecule has 1 aromatic carbocycles. The number of nitrogens with one attached hydrogen (secondary N) is 1. The largest absolute Gasteiger partial charge is 0.492 e. The summed E-state index contributed by atoms with van der Waals surface area (Å²) in [5.74, 6) is 2.23. The number of halogens is 1. The summed E-state index contributed by atoms with van der Waals surface area (Å²) in [6.07, 6.45) is 1.00. The van der Waals surface area contributed by atoms with Crippen LogP contribution in [0.2, 0.25) is 0 Å². The summed E-state index contributed by atoms with van der Waals surface area (Å²) in [7, 11) is 0. The zero-order chi connectivity index (χ0) is 12.5. The smallest absolute Gasteiger partial charge is 0.119 e. The van der Waals surface area contributed by atoms with Gasteiger partial charge in [0.15, 0.2) is 0 Å². The summed E-state index contributed by atoms with van der Waals surface area (Å²) < 4.78 is 5.62. The Balaban J connectivity index is 2.18. The molecule has 0 saturated carbocycles. The molecule has 1 unspecified atom stereocenters. The lowest BCUT2D eigenvalue weighted by atomic mass is 10.0. The molecular formula is C14H22ClNO. The number of hydrogen-bond donors (Lipinski definition) is 1. The highest BCUT2D eigenvalue weighted by molar-refractivity contribution is 6.17. The van der Waals surface area contributed by atoms with Gasteiger partial charge in [-0.2, -0.15) is 0 Å². The fourth-order valence-electron chi connectivity index (χ4n) is 1.72. The molecule has 0 aliphatic rings. The second-order valence-electron chi connectivity index (χ2n) is 4.44. The number of rotatable bonds is 8. The average Bonchev–Trinajstić information content (AvgIpc) is 2.34. The molecule has 96 valence electrons. The van der Waals surface area contributed by atoms with Gasteiger partial charge in [-0.25, -0.2) is 0 Å². The Labute approximate surface area is 109 Å². The van der Waals surface area contributed by atoms with Crippen LogP contribution in [0.3, 0.4) is 0 Å². The van der Waals surface area contributed by atoms with E-state index in [4.69, 9.17) is 16.3 Å². The summed E-state index contributed by atoms with van der Waals surface area (Å²) in [4.78, 5) is 0. The third-order valence-corrected chi connectivity index (χ3v) is 2.96. The lowest BCUT2D eigenvalue weighted by Crippen LogP contribution is -2.36. The number of para-hydroxylation sites is 1. The fraction of sp³-hybridized carbons (Fsp3) is 0.571. The molecule has 0 bridgehead atoms. The van der Waals surface area contributed by atoms with Crippen LogP contribution in [0.5, 0.6) is 5.75 Å². The molecule has 0 fully saturated rings. The molecule has 3 heteroatoms. The first kappa shape index (κ1) is 14.3. The van der Waals surface area contributed by atoms with Crippen LogP contribution in [0.1, 0.15) is 20.3 Å². The van der Waals surface area contributed by atoms with Crippen LogP contribution in [0.25, 0.3) is 0 Å². The number of alkyl halides is 1. The van der Waals surface area contributed by atoms with Crippen molar-refractivity contribution in [3.8, 4) is 5.75 Å². The van der Waals surface area contributed by atoms with Gasteiger partial charge in [-0.3, -0.25) is 0 Å². The van der Waals surface area contributed by atoms with Crippen molar-refractivity contribution in [2.24, 2.45) is 5.92 Å². The number of benzene rings is 1. The topological polar surface area (TPSA) is 21.3 Å². The monoisotopic (exact) mass is 255 g/mol. The van der Waals surface area contributed by atoms with Crippen molar-refractivity contribution in [1.82, 2.24) is 5.32 Å². The van der Waals surface area contributed by atoms with Gasteiger partial charge in [-0.05, 0) is 24.5 Å². The molecule has 0 heterocycles. The van der Waals surface area contributed by atoms with Crippen molar-refractivity contribution < 1.29 is 4.74 Å². The third-order valence-electron chi connectivity index (χ3n) is 2.75. The first-order chi connectivity index (χ1) is 8.24. The zero-order valence-corrected chi connectivity index (χ0v) is 11.4. The van der Waals surface area contributed by atoms with Gasteiger partial charge in [0.2, 0.25) is 0 Å². The normalized spacial score (nSPS) is 12.7. The molecule has 0 aliphatic heterocycles. The third kappa shape index (κ3) is 5.94. The molecule has 0 aliphatic carbocycles. The van der Waals surface area contributed by atoms with Crippen molar-refractivity contribution in [3.63, 3.8) is 0 Å². The summed E-state index contributed by atoms with van der Waals surface area (Å²) in [5.41, 5.74) is 0.